The minimum Gasteiger partial charge on any atom is -0.463 e. The fourth-order valence-corrected chi connectivity index (χ4v) is 9.42. The van der Waals surface area contributed by atoms with Crippen molar-refractivity contribution in [1.82, 2.24) is 0 Å². The van der Waals surface area contributed by atoms with Gasteiger partial charge in [-0.25, -0.2) is 0 Å². The quantitative estimate of drug-likeness (QED) is 0.0655. The molecular weight excluding hydrogens is 953 g/mol. The predicted molar refractivity (Wildman–Crippen MR) is 250 cm³/mol. The molecule has 0 aliphatic carbocycles. The topological polar surface area (TPSA) is 315 Å². The Morgan fingerprint density at radius 1 is 0.611 bits per heavy atom. The van der Waals surface area contributed by atoms with Crippen LogP contribution in [0, 0.1) is 11.8 Å². The smallest absolute Gasteiger partial charge is 0.311 e. The fourth-order valence-electron chi connectivity index (χ4n) is 9.42. The monoisotopic (exact) mass is 1040 g/mol. The van der Waals surface area contributed by atoms with Crippen LogP contribution in [0.3, 0.4) is 0 Å². The molecule has 22 nitrogen and oxygen atoms in total. The number of aliphatic hydroxyl groups is 8. The Hall–Kier alpha value is -2.23. The zero-order chi connectivity index (χ0) is 53.0. The van der Waals surface area contributed by atoms with Gasteiger partial charge in [-0.05, 0) is 60.3 Å². The van der Waals surface area contributed by atoms with Gasteiger partial charge in [0.1, 0.15) is 67.6 Å². The van der Waals surface area contributed by atoms with E-state index >= 15 is 0 Å². The normalized spacial score (nSPS) is 42.3. The molecule has 0 aromatic carbocycles. The van der Waals surface area contributed by atoms with E-state index in [0.29, 0.717) is 32.1 Å². The van der Waals surface area contributed by atoms with Crippen molar-refractivity contribution in [3.63, 3.8) is 0 Å². The van der Waals surface area contributed by atoms with Gasteiger partial charge in [0, 0.05) is 6.42 Å². The average Bonchev–Trinajstić information content (AvgIpc) is 3.34. The lowest BCUT2D eigenvalue weighted by molar-refractivity contribution is -0.399. The molecule has 5 aliphatic heterocycles. The van der Waals surface area contributed by atoms with E-state index in [1.54, 1.807) is 20.8 Å². The summed E-state index contributed by atoms with van der Waals surface area (Å²) in [5.74, 6) is -4.10. The Morgan fingerprint density at radius 2 is 1.24 bits per heavy atom. The first-order valence-electron chi connectivity index (χ1n) is 26.4. The number of carbonyl (C=O) groups is 3. The summed E-state index contributed by atoms with van der Waals surface area (Å²) in [5.41, 5.74) is 0. The van der Waals surface area contributed by atoms with Crippen LogP contribution in [0.4, 0.5) is 0 Å². The summed E-state index contributed by atoms with van der Waals surface area (Å²) in [6.07, 6.45) is -22.9. The number of esters is 3. The van der Waals surface area contributed by atoms with Gasteiger partial charge in [0.15, 0.2) is 43.5 Å². The van der Waals surface area contributed by atoms with Crippen LogP contribution < -0.4 is 0 Å². The molecule has 5 aliphatic rings. The fraction of sp³-hybridized carbons (Fsp3) is 0.940. The molecule has 72 heavy (non-hydrogen) atoms. The molecule has 2 bridgehead atoms. The van der Waals surface area contributed by atoms with E-state index in [2.05, 4.69) is 6.92 Å². The van der Waals surface area contributed by atoms with Crippen LogP contribution in [-0.4, -0.2) is 200 Å². The maximum absolute atomic E-state index is 13.9. The van der Waals surface area contributed by atoms with Crippen LogP contribution >= 0.6 is 0 Å². The van der Waals surface area contributed by atoms with Crippen LogP contribution in [0.2, 0.25) is 0 Å². The Morgan fingerprint density at radius 3 is 1.90 bits per heavy atom. The first kappa shape index (κ1) is 60.6. The van der Waals surface area contributed by atoms with Gasteiger partial charge in [-0.2, -0.15) is 0 Å². The Kier molecular flexibility index (Phi) is 24.2. The average molecular weight is 1040 g/mol. The summed E-state index contributed by atoms with van der Waals surface area (Å²) >= 11 is 0. The van der Waals surface area contributed by atoms with E-state index in [1.807, 2.05) is 0 Å². The molecule has 8 N–H and O–H groups in total. The van der Waals surface area contributed by atoms with Crippen molar-refractivity contribution in [2.75, 3.05) is 6.61 Å². The third-order valence-electron chi connectivity index (χ3n) is 14.7. The molecule has 0 aromatic heterocycles. The van der Waals surface area contributed by atoms with E-state index < -0.39 is 165 Å². The molecule has 5 fully saturated rings. The number of aliphatic hydroxyl groups excluding tert-OH is 8. The van der Waals surface area contributed by atoms with Crippen molar-refractivity contribution in [3.8, 4) is 0 Å². The molecule has 5 saturated heterocycles. The lowest BCUT2D eigenvalue weighted by atomic mass is 9.95. The first-order valence-corrected chi connectivity index (χ1v) is 26.4. The van der Waals surface area contributed by atoms with Gasteiger partial charge in [0.05, 0.1) is 42.4 Å². The molecule has 22 heteroatoms. The van der Waals surface area contributed by atoms with Gasteiger partial charge in [-0.3, -0.25) is 14.4 Å². The molecule has 418 valence electrons. The molecule has 5 rings (SSSR count). The first-order chi connectivity index (χ1) is 34.2. The second-order valence-electron chi connectivity index (χ2n) is 20.5. The number of hydrogen-bond acceptors (Lipinski definition) is 22. The van der Waals surface area contributed by atoms with Crippen molar-refractivity contribution < 1.29 is 107 Å². The molecule has 0 aromatic rings. The van der Waals surface area contributed by atoms with E-state index in [1.165, 1.54) is 27.7 Å². The van der Waals surface area contributed by atoms with Crippen LogP contribution in [0.25, 0.3) is 0 Å². The molecule has 5 heterocycles. The van der Waals surface area contributed by atoms with Crippen molar-refractivity contribution in [3.05, 3.63) is 0 Å². The Bertz CT molecular complexity index is 1640. The maximum Gasteiger partial charge on any atom is 0.311 e. The van der Waals surface area contributed by atoms with Crippen LogP contribution in [0.1, 0.15) is 145 Å². The van der Waals surface area contributed by atoms with Gasteiger partial charge in [0.25, 0.3) is 0 Å². The van der Waals surface area contributed by atoms with Gasteiger partial charge in [0.2, 0.25) is 0 Å². The Balaban J connectivity index is 1.59. The maximum atomic E-state index is 13.9. The highest BCUT2D eigenvalue weighted by atomic mass is 16.8. The standard InChI is InChI=1S/C50H86O22/c1-9-11-17-20-30-21-18-15-13-12-14-16-19-22-32(52)68-41-35(55)31(23-62-46(61)25(4)26(5)51)67-50(71-42-37(57)34(54)28(7)64-48(42)66-30)44(41)72-49-43(69-45(60)24(3)10-2)39(59)40(29(8)65-49)70-47-38(58)36(56)33(53)27(6)63-47/h24-31,33-44,47-51,53-59H,9-23H2,1-8H3/t24-,25+,26+,27+,28+,29-,30?,31+,33+,34+,35+,36-,37-,38+,39+,40-,41-,42+,43+,44+,47-,48-,49-,50-/m0/s1. The Labute approximate surface area is 423 Å². The summed E-state index contributed by atoms with van der Waals surface area (Å²) in [6.45, 7) is 12.1. The van der Waals surface area contributed by atoms with Gasteiger partial charge >= 0.3 is 17.9 Å². The minimum atomic E-state index is -1.85. The van der Waals surface area contributed by atoms with Crippen molar-refractivity contribution in [2.45, 2.75) is 280 Å². The van der Waals surface area contributed by atoms with Crippen molar-refractivity contribution in [1.29, 1.82) is 0 Å². The molecule has 1 unspecified atom stereocenters. The zero-order valence-corrected chi connectivity index (χ0v) is 43.3. The molecular formula is C50H86O22. The summed E-state index contributed by atoms with van der Waals surface area (Å²) in [4.78, 5) is 40.6. The summed E-state index contributed by atoms with van der Waals surface area (Å²) in [6, 6.07) is 0. The van der Waals surface area contributed by atoms with Crippen LogP contribution in [0.15, 0.2) is 0 Å². The lowest BCUT2D eigenvalue weighted by Gasteiger charge is -2.50. The number of hydrogen-bond donors (Lipinski definition) is 8. The number of ether oxygens (including phenoxy) is 11. The highest BCUT2D eigenvalue weighted by molar-refractivity contribution is 5.73. The largest absolute Gasteiger partial charge is 0.463 e. The van der Waals surface area contributed by atoms with Gasteiger partial charge in [-0.1, -0.05) is 78.6 Å². The number of fused-ring (bicyclic) bond motifs is 3. The molecule has 0 spiro atoms. The number of rotatable bonds is 15. The van der Waals surface area contributed by atoms with Crippen molar-refractivity contribution in [2.24, 2.45) is 11.8 Å². The molecule has 0 amide bonds. The third-order valence-corrected chi connectivity index (χ3v) is 14.7. The SMILES string of the molecule is CCCCCC1CCCCCCCCCC(=O)O[C@H]2[C@H](O)[C@@H](COC(=O)[C@H](C)[C@@H](C)O)O[C@@H](O[C@H]3[C@H](O1)O[C@H](C)[C@@H](O)[C@@H]3O)[C@@H]2O[C@@H]1O[C@@H](C)[C@H](O[C@@H]2O[C@H](C)[C@@H](O)[C@H](O)[C@H]2O)[C@@H](O)[C@H]1OC(=O)[C@@H](C)CC. The highest BCUT2D eigenvalue weighted by Crippen LogP contribution is 2.38. The molecule has 0 saturated carbocycles. The van der Waals surface area contributed by atoms with Crippen LogP contribution in [0.5, 0.6) is 0 Å². The minimum absolute atomic E-state index is 0.0776. The second kappa shape index (κ2) is 28.8. The lowest BCUT2D eigenvalue weighted by Crippen LogP contribution is -2.68. The van der Waals surface area contributed by atoms with Crippen molar-refractivity contribution >= 4 is 17.9 Å². The van der Waals surface area contributed by atoms with Gasteiger partial charge in [-0.15, -0.1) is 0 Å². The number of unbranched alkanes of at least 4 members (excludes halogenated alkanes) is 2. The van der Waals surface area contributed by atoms with E-state index in [4.69, 9.17) is 52.1 Å². The summed E-state index contributed by atoms with van der Waals surface area (Å²) < 4.78 is 68.0. The summed E-state index contributed by atoms with van der Waals surface area (Å²) in [5, 5.41) is 89.3. The van der Waals surface area contributed by atoms with Crippen LogP contribution in [-0.2, 0) is 66.5 Å². The second-order valence-corrected chi connectivity index (χ2v) is 20.5. The molecule has 0 radical (unpaired) electrons. The summed E-state index contributed by atoms with van der Waals surface area (Å²) in [7, 11) is 0. The van der Waals surface area contributed by atoms with E-state index in [9.17, 15) is 55.2 Å². The number of carbonyl (C=O) groups excluding carboxylic acids is 3. The zero-order valence-electron chi connectivity index (χ0n) is 43.3. The predicted octanol–water partition coefficient (Wildman–Crippen LogP) is 1.55. The van der Waals surface area contributed by atoms with Gasteiger partial charge < -0.3 is 93.0 Å². The van der Waals surface area contributed by atoms with E-state index in [-0.39, 0.29) is 12.5 Å². The molecule has 24 atom stereocenters. The van der Waals surface area contributed by atoms with E-state index in [0.717, 1.165) is 51.4 Å². The third kappa shape index (κ3) is 15.9. The highest BCUT2D eigenvalue weighted by Gasteiger charge is 2.57.